The number of amides is 1. The predicted octanol–water partition coefficient (Wildman–Crippen LogP) is 4.06. The monoisotopic (exact) mass is 438 g/mol. The first kappa shape index (κ1) is 18.6. The van der Waals surface area contributed by atoms with Crippen LogP contribution in [0.4, 0.5) is 9.52 Å². The van der Waals surface area contributed by atoms with Crippen molar-refractivity contribution in [2.45, 2.75) is 9.79 Å². The van der Waals surface area contributed by atoms with E-state index in [2.05, 4.69) is 10.3 Å². The van der Waals surface area contributed by atoms with E-state index in [0.29, 0.717) is 10.2 Å². The molecule has 1 aromatic heterocycles. The maximum Gasteiger partial charge on any atom is 0.257 e. The zero-order valence-corrected chi connectivity index (χ0v) is 16.7. The Bertz CT molecular complexity index is 1490. The van der Waals surface area contributed by atoms with Gasteiger partial charge in [0.25, 0.3) is 5.91 Å². The number of benzene rings is 3. The minimum atomic E-state index is -3.94. The largest absolute Gasteiger partial charge is 0.298 e. The lowest BCUT2D eigenvalue weighted by Gasteiger charge is -2.19. The van der Waals surface area contributed by atoms with E-state index in [4.69, 9.17) is 0 Å². The fourth-order valence-electron chi connectivity index (χ4n) is 3.35. The molecule has 0 aliphatic carbocycles. The molecule has 9 heteroatoms. The standard InChI is InChI=1S/C21H11FN2O4S2/c22-12-6-8-15-16(10-12)29-21(23-15)24-20(26)11-5-7-14-18(9-11)30(27,28)17-4-2-1-3-13(17)19(14)25/h1-10H,(H,23,24,26). The summed E-state index contributed by atoms with van der Waals surface area (Å²) in [6.07, 6.45) is 0. The minimum absolute atomic E-state index is 0.0284. The third-order valence-electron chi connectivity index (χ3n) is 4.77. The van der Waals surface area contributed by atoms with Gasteiger partial charge in [0, 0.05) is 16.7 Å². The molecule has 0 fully saturated rings. The number of thiazole rings is 1. The van der Waals surface area contributed by atoms with Crippen LogP contribution in [0.2, 0.25) is 0 Å². The van der Waals surface area contributed by atoms with Gasteiger partial charge < -0.3 is 0 Å². The van der Waals surface area contributed by atoms with Gasteiger partial charge in [-0.2, -0.15) is 0 Å². The summed E-state index contributed by atoms with van der Waals surface area (Å²) in [4.78, 5) is 29.3. The minimum Gasteiger partial charge on any atom is -0.298 e. The molecule has 1 amide bonds. The molecule has 1 aliphatic heterocycles. The number of hydrogen-bond acceptors (Lipinski definition) is 6. The number of halogens is 1. The number of hydrogen-bond donors (Lipinski definition) is 1. The van der Waals surface area contributed by atoms with Gasteiger partial charge in [0.05, 0.1) is 20.0 Å². The molecule has 0 saturated heterocycles. The van der Waals surface area contributed by atoms with Gasteiger partial charge in [0.2, 0.25) is 9.84 Å². The molecule has 2 heterocycles. The summed E-state index contributed by atoms with van der Waals surface area (Å²) >= 11 is 1.10. The smallest absolute Gasteiger partial charge is 0.257 e. The summed E-state index contributed by atoms with van der Waals surface area (Å²) < 4.78 is 39.9. The summed E-state index contributed by atoms with van der Waals surface area (Å²) in [5.74, 6) is -1.40. The molecule has 148 valence electrons. The number of anilines is 1. The van der Waals surface area contributed by atoms with E-state index in [9.17, 15) is 22.4 Å². The number of carbonyl (C=O) groups excluding carboxylic acids is 2. The van der Waals surface area contributed by atoms with Crippen LogP contribution in [-0.2, 0) is 9.84 Å². The molecule has 1 N–H and O–H groups in total. The topological polar surface area (TPSA) is 93.2 Å². The number of nitrogens with zero attached hydrogens (tertiary/aromatic N) is 1. The highest BCUT2D eigenvalue weighted by Crippen LogP contribution is 2.35. The molecule has 0 unspecified atom stereocenters. The van der Waals surface area contributed by atoms with Crippen LogP contribution in [0.3, 0.4) is 0 Å². The summed E-state index contributed by atoms with van der Waals surface area (Å²) in [5.41, 5.74) is 0.742. The Labute approximate surface area is 173 Å². The maximum absolute atomic E-state index is 13.4. The second kappa shape index (κ2) is 6.54. The van der Waals surface area contributed by atoms with Crippen LogP contribution >= 0.6 is 11.3 Å². The molecule has 0 saturated carbocycles. The van der Waals surface area contributed by atoms with Gasteiger partial charge in [-0.25, -0.2) is 17.8 Å². The molecule has 30 heavy (non-hydrogen) atoms. The fraction of sp³-hybridized carbons (Fsp3) is 0. The Balaban J connectivity index is 1.53. The van der Waals surface area contributed by atoms with Crippen LogP contribution < -0.4 is 5.32 Å². The lowest BCUT2D eigenvalue weighted by Crippen LogP contribution is -2.21. The lowest BCUT2D eigenvalue weighted by molar-refractivity contribution is 0.101. The molecular weight excluding hydrogens is 427 g/mol. The number of rotatable bonds is 2. The Kier molecular flexibility index (Phi) is 4.05. The van der Waals surface area contributed by atoms with Gasteiger partial charge in [-0.15, -0.1) is 0 Å². The summed E-state index contributed by atoms with van der Waals surface area (Å²) in [5, 5.41) is 2.85. The van der Waals surface area contributed by atoms with E-state index in [0.717, 1.165) is 11.3 Å². The van der Waals surface area contributed by atoms with E-state index in [1.54, 1.807) is 12.1 Å². The maximum atomic E-state index is 13.4. The molecule has 4 aromatic rings. The third-order valence-corrected chi connectivity index (χ3v) is 7.56. The van der Waals surface area contributed by atoms with Crippen molar-refractivity contribution in [2.75, 3.05) is 5.32 Å². The zero-order chi connectivity index (χ0) is 21.0. The van der Waals surface area contributed by atoms with Crippen molar-refractivity contribution in [1.29, 1.82) is 0 Å². The first-order valence-electron chi connectivity index (χ1n) is 8.75. The van der Waals surface area contributed by atoms with Crippen molar-refractivity contribution in [2.24, 2.45) is 0 Å². The van der Waals surface area contributed by atoms with Crippen molar-refractivity contribution >= 4 is 48.2 Å². The molecule has 0 radical (unpaired) electrons. The Morgan fingerprint density at radius 1 is 0.967 bits per heavy atom. The molecule has 1 aliphatic rings. The molecular formula is C21H11FN2O4S2. The van der Waals surface area contributed by atoms with Crippen molar-refractivity contribution in [3.63, 3.8) is 0 Å². The highest BCUT2D eigenvalue weighted by Gasteiger charge is 2.35. The van der Waals surface area contributed by atoms with Gasteiger partial charge in [-0.1, -0.05) is 23.5 Å². The number of fused-ring (bicyclic) bond motifs is 3. The van der Waals surface area contributed by atoms with E-state index in [-0.39, 0.29) is 31.6 Å². The van der Waals surface area contributed by atoms with Crippen LogP contribution in [0, 0.1) is 5.82 Å². The van der Waals surface area contributed by atoms with E-state index in [1.807, 2.05) is 0 Å². The highest BCUT2D eigenvalue weighted by atomic mass is 32.2. The molecule has 0 spiro atoms. The second-order valence-electron chi connectivity index (χ2n) is 6.62. The van der Waals surface area contributed by atoms with Crippen molar-refractivity contribution < 1.29 is 22.4 Å². The van der Waals surface area contributed by atoms with Crippen molar-refractivity contribution in [3.8, 4) is 0 Å². The fourth-order valence-corrected chi connectivity index (χ4v) is 5.91. The molecule has 0 bridgehead atoms. The Hall–Kier alpha value is -3.43. The first-order chi connectivity index (χ1) is 14.3. The lowest BCUT2D eigenvalue weighted by atomic mass is 10.0. The average Bonchev–Trinajstić information content (AvgIpc) is 3.13. The van der Waals surface area contributed by atoms with Gasteiger partial charge in [-0.05, 0) is 48.5 Å². The quantitative estimate of drug-likeness (QED) is 0.449. The predicted molar refractivity (Wildman–Crippen MR) is 109 cm³/mol. The van der Waals surface area contributed by atoms with Crippen molar-refractivity contribution in [1.82, 2.24) is 4.98 Å². The number of ketones is 1. The number of carbonyl (C=O) groups is 2. The number of aromatic nitrogens is 1. The van der Waals surface area contributed by atoms with Crippen LogP contribution in [0.1, 0.15) is 26.3 Å². The molecule has 3 aromatic carbocycles. The second-order valence-corrected chi connectivity index (χ2v) is 9.54. The summed E-state index contributed by atoms with van der Waals surface area (Å²) in [6, 6.07) is 14.0. The van der Waals surface area contributed by atoms with Crippen LogP contribution in [0.25, 0.3) is 10.2 Å². The highest BCUT2D eigenvalue weighted by molar-refractivity contribution is 7.91. The average molecular weight is 438 g/mol. The Morgan fingerprint density at radius 2 is 1.73 bits per heavy atom. The van der Waals surface area contributed by atoms with Crippen LogP contribution in [0.5, 0.6) is 0 Å². The number of nitrogens with one attached hydrogen (secondary N) is 1. The SMILES string of the molecule is O=C(Nc1nc2ccc(F)cc2s1)c1ccc2c(c1)S(=O)(=O)c1ccccc1C2=O. The summed E-state index contributed by atoms with van der Waals surface area (Å²) in [6.45, 7) is 0. The molecule has 6 nitrogen and oxygen atoms in total. The first-order valence-corrected chi connectivity index (χ1v) is 11.0. The van der Waals surface area contributed by atoms with Gasteiger partial charge >= 0.3 is 0 Å². The van der Waals surface area contributed by atoms with Gasteiger partial charge in [0.15, 0.2) is 10.9 Å². The van der Waals surface area contributed by atoms with Crippen molar-refractivity contribution in [3.05, 3.63) is 83.2 Å². The third kappa shape index (κ3) is 2.82. The van der Waals surface area contributed by atoms with Crippen LogP contribution in [0.15, 0.2) is 70.5 Å². The van der Waals surface area contributed by atoms with Gasteiger partial charge in [-0.3, -0.25) is 14.9 Å². The van der Waals surface area contributed by atoms with E-state index < -0.39 is 27.3 Å². The normalized spacial score (nSPS) is 14.2. The van der Waals surface area contributed by atoms with E-state index in [1.165, 1.54) is 48.5 Å². The molecule has 0 atom stereocenters. The summed E-state index contributed by atoms with van der Waals surface area (Å²) in [7, 11) is -3.94. The Morgan fingerprint density at radius 3 is 2.57 bits per heavy atom. The van der Waals surface area contributed by atoms with Gasteiger partial charge in [0.1, 0.15) is 5.82 Å². The van der Waals surface area contributed by atoms with E-state index >= 15 is 0 Å². The molecule has 5 rings (SSSR count). The zero-order valence-electron chi connectivity index (χ0n) is 15.0. The number of sulfone groups is 1. The van der Waals surface area contributed by atoms with Crippen LogP contribution in [-0.4, -0.2) is 25.1 Å².